The fraction of sp³-hybridized carbons (Fsp3) is 0.579. The molecule has 4 nitrogen and oxygen atoms in total. The van der Waals surface area contributed by atoms with Gasteiger partial charge in [0.25, 0.3) is 5.91 Å². The van der Waals surface area contributed by atoms with Gasteiger partial charge >= 0.3 is 5.97 Å². The minimum atomic E-state index is -0.293. The highest BCUT2D eigenvalue weighted by Crippen LogP contribution is 2.49. The van der Waals surface area contributed by atoms with Crippen LogP contribution in [0.4, 0.5) is 4.39 Å². The lowest BCUT2D eigenvalue weighted by molar-refractivity contribution is -0.149. The third-order valence-electron chi connectivity index (χ3n) is 5.33. The van der Waals surface area contributed by atoms with Crippen molar-refractivity contribution in [3.63, 3.8) is 0 Å². The van der Waals surface area contributed by atoms with Gasteiger partial charge in [0.05, 0.1) is 0 Å². The molecule has 1 aromatic carbocycles. The van der Waals surface area contributed by atoms with Crippen molar-refractivity contribution >= 4 is 11.9 Å². The summed E-state index contributed by atoms with van der Waals surface area (Å²) in [6, 6.07) is 6.18. The first-order valence-corrected chi connectivity index (χ1v) is 8.77. The molecule has 5 heteroatoms. The fourth-order valence-corrected chi connectivity index (χ4v) is 4.09. The predicted octanol–water partition coefficient (Wildman–Crippen LogP) is 2.85. The monoisotopic (exact) mass is 333 g/mol. The standard InChI is InChI=1S/C19H24FNO3/c20-17-5-2-13(3-6-17)7-8-21-18(22)12-24-19(23)11-16-10-14-1-4-15(16)9-14/h2-3,5-6,14-16H,1,4,7-12H2,(H,21,22)/t14-,15-,16+/m1/s1. The van der Waals surface area contributed by atoms with Crippen LogP contribution in [0.3, 0.4) is 0 Å². The van der Waals surface area contributed by atoms with E-state index in [4.69, 9.17) is 4.74 Å². The van der Waals surface area contributed by atoms with Crippen LogP contribution < -0.4 is 5.32 Å². The number of nitrogens with one attached hydrogen (secondary N) is 1. The molecule has 1 N–H and O–H groups in total. The van der Waals surface area contributed by atoms with Crippen LogP contribution >= 0.6 is 0 Å². The molecule has 3 atom stereocenters. The second-order valence-corrected chi connectivity index (χ2v) is 7.03. The van der Waals surface area contributed by atoms with Gasteiger partial charge < -0.3 is 10.1 Å². The number of esters is 1. The third-order valence-corrected chi connectivity index (χ3v) is 5.33. The van der Waals surface area contributed by atoms with Crippen molar-refractivity contribution in [3.8, 4) is 0 Å². The van der Waals surface area contributed by atoms with Crippen LogP contribution in [0.25, 0.3) is 0 Å². The highest BCUT2D eigenvalue weighted by atomic mass is 19.1. The van der Waals surface area contributed by atoms with Crippen molar-refractivity contribution < 1.29 is 18.7 Å². The average Bonchev–Trinajstić information content (AvgIpc) is 3.18. The average molecular weight is 333 g/mol. The zero-order chi connectivity index (χ0) is 16.9. The lowest BCUT2D eigenvalue weighted by Crippen LogP contribution is -2.31. The maximum atomic E-state index is 12.8. The summed E-state index contributed by atoms with van der Waals surface area (Å²) in [6.45, 7) is 0.220. The first-order chi connectivity index (χ1) is 11.6. The Morgan fingerprint density at radius 1 is 1.17 bits per heavy atom. The summed E-state index contributed by atoms with van der Waals surface area (Å²) in [4.78, 5) is 23.6. The molecule has 2 fully saturated rings. The zero-order valence-corrected chi connectivity index (χ0v) is 13.8. The molecule has 2 aliphatic carbocycles. The number of halogens is 1. The molecule has 2 aliphatic rings. The van der Waals surface area contributed by atoms with Crippen molar-refractivity contribution in [2.24, 2.45) is 17.8 Å². The van der Waals surface area contributed by atoms with E-state index in [2.05, 4.69) is 5.32 Å². The van der Waals surface area contributed by atoms with E-state index in [1.165, 1.54) is 31.4 Å². The highest BCUT2D eigenvalue weighted by Gasteiger charge is 2.40. The molecule has 3 rings (SSSR count). The van der Waals surface area contributed by atoms with Crippen LogP contribution in [0.5, 0.6) is 0 Å². The summed E-state index contributed by atoms with van der Waals surface area (Å²) < 4.78 is 17.9. The van der Waals surface area contributed by atoms with E-state index in [9.17, 15) is 14.0 Å². The number of fused-ring (bicyclic) bond motifs is 2. The second-order valence-electron chi connectivity index (χ2n) is 7.03. The number of hydrogen-bond donors (Lipinski definition) is 1. The summed E-state index contributed by atoms with van der Waals surface area (Å²) in [6.07, 6.45) is 6.03. The fourth-order valence-electron chi connectivity index (χ4n) is 4.09. The minimum absolute atomic E-state index is 0.219. The summed E-state index contributed by atoms with van der Waals surface area (Å²) >= 11 is 0. The van der Waals surface area contributed by atoms with Gasteiger partial charge in [0.2, 0.25) is 0 Å². The Labute approximate surface area is 141 Å². The molecule has 130 valence electrons. The van der Waals surface area contributed by atoms with E-state index in [1.807, 2.05) is 0 Å². The largest absolute Gasteiger partial charge is 0.456 e. The van der Waals surface area contributed by atoms with E-state index in [0.717, 1.165) is 17.9 Å². The van der Waals surface area contributed by atoms with Gasteiger partial charge in [-0.25, -0.2) is 4.39 Å². The summed E-state index contributed by atoms with van der Waals surface area (Å²) in [5.41, 5.74) is 0.949. The number of benzene rings is 1. The first kappa shape index (κ1) is 16.9. The molecule has 0 aromatic heterocycles. The Morgan fingerprint density at radius 3 is 2.62 bits per heavy atom. The Morgan fingerprint density at radius 2 is 1.96 bits per heavy atom. The van der Waals surface area contributed by atoms with Crippen LogP contribution in [0, 0.1) is 23.6 Å². The Balaban J connectivity index is 1.29. The normalized spacial score (nSPS) is 24.8. The molecule has 2 bridgehead atoms. The molecule has 24 heavy (non-hydrogen) atoms. The van der Waals surface area contributed by atoms with Gasteiger partial charge in [-0.2, -0.15) is 0 Å². The van der Waals surface area contributed by atoms with E-state index in [0.29, 0.717) is 31.2 Å². The molecular weight excluding hydrogens is 309 g/mol. The van der Waals surface area contributed by atoms with Crippen LogP contribution in [0.2, 0.25) is 0 Å². The van der Waals surface area contributed by atoms with Crippen LogP contribution in [0.1, 0.15) is 37.7 Å². The molecule has 0 unspecified atom stereocenters. The number of carbonyl (C=O) groups is 2. The van der Waals surface area contributed by atoms with Crippen LogP contribution in [-0.4, -0.2) is 25.0 Å². The summed E-state index contributed by atoms with van der Waals surface area (Å²) in [7, 11) is 0. The predicted molar refractivity (Wildman–Crippen MR) is 87.6 cm³/mol. The maximum absolute atomic E-state index is 12.8. The zero-order valence-electron chi connectivity index (χ0n) is 13.8. The van der Waals surface area contributed by atoms with E-state index in [1.54, 1.807) is 12.1 Å². The van der Waals surface area contributed by atoms with Gasteiger partial charge in [0, 0.05) is 13.0 Å². The number of ether oxygens (including phenoxy) is 1. The lowest BCUT2D eigenvalue weighted by Gasteiger charge is -2.20. The Hall–Kier alpha value is -1.91. The smallest absolute Gasteiger partial charge is 0.306 e. The van der Waals surface area contributed by atoms with E-state index in [-0.39, 0.29) is 24.3 Å². The molecule has 1 amide bonds. The van der Waals surface area contributed by atoms with Crippen molar-refractivity contribution in [3.05, 3.63) is 35.6 Å². The van der Waals surface area contributed by atoms with Crippen LogP contribution in [0.15, 0.2) is 24.3 Å². The lowest BCUT2D eigenvalue weighted by atomic mass is 9.86. The second kappa shape index (κ2) is 7.77. The van der Waals surface area contributed by atoms with Gasteiger partial charge in [-0.3, -0.25) is 9.59 Å². The number of carbonyl (C=O) groups excluding carboxylic acids is 2. The number of hydrogen-bond acceptors (Lipinski definition) is 3. The van der Waals surface area contributed by atoms with Gasteiger partial charge in [0.1, 0.15) is 5.82 Å². The molecular formula is C19H24FNO3. The first-order valence-electron chi connectivity index (χ1n) is 8.77. The van der Waals surface area contributed by atoms with Gasteiger partial charge in [-0.05, 0) is 61.1 Å². The Bertz CT molecular complexity index is 587. The summed E-state index contributed by atoms with van der Waals surface area (Å²) in [5, 5.41) is 2.71. The van der Waals surface area contributed by atoms with Crippen molar-refractivity contribution in [1.82, 2.24) is 5.32 Å². The number of rotatable bonds is 7. The van der Waals surface area contributed by atoms with E-state index >= 15 is 0 Å². The quantitative estimate of drug-likeness (QED) is 0.781. The molecule has 0 radical (unpaired) electrons. The molecule has 1 aromatic rings. The van der Waals surface area contributed by atoms with Gasteiger partial charge in [-0.15, -0.1) is 0 Å². The molecule has 0 aliphatic heterocycles. The van der Waals surface area contributed by atoms with Crippen molar-refractivity contribution in [1.29, 1.82) is 0 Å². The van der Waals surface area contributed by atoms with Crippen molar-refractivity contribution in [2.45, 2.75) is 38.5 Å². The van der Waals surface area contributed by atoms with Crippen LogP contribution in [-0.2, 0) is 20.7 Å². The molecule has 2 saturated carbocycles. The molecule has 0 heterocycles. The highest BCUT2D eigenvalue weighted by molar-refractivity contribution is 5.80. The minimum Gasteiger partial charge on any atom is -0.456 e. The number of amides is 1. The maximum Gasteiger partial charge on any atom is 0.306 e. The summed E-state index contributed by atoms with van der Waals surface area (Å²) in [5.74, 6) is 1.12. The van der Waals surface area contributed by atoms with Crippen molar-refractivity contribution in [2.75, 3.05) is 13.2 Å². The third kappa shape index (κ3) is 4.56. The SMILES string of the molecule is O=C(COC(=O)C[C@@H]1C[C@@H]2CC[C@@H]1C2)NCCc1ccc(F)cc1. The van der Waals surface area contributed by atoms with E-state index < -0.39 is 0 Å². The van der Waals surface area contributed by atoms with Gasteiger partial charge in [0.15, 0.2) is 6.61 Å². The molecule has 0 spiro atoms. The Kier molecular flexibility index (Phi) is 5.48. The molecule has 0 saturated heterocycles. The topological polar surface area (TPSA) is 55.4 Å². The van der Waals surface area contributed by atoms with Gasteiger partial charge in [-0.1, -0.05) is 18.6 Å².